The minimum atomic E-state index is -0.347. The Bertz CT molecular complexity index is 1120. The van der Waals surface area contributed by atoms with E-state index in [1.54, 1.807) is 7.05 Å². The highest BCUT2D eigenvalue weighted by Crippen LogP contribution is 2.22. The molecule has 1 aliphatic rings. The molecule has 0 aliphatic carbocycles. The molecule has 2 aromatic carbocycles. The monoisotopic (exact) mass is 447 g/mol. The quantitative estimate of drug-likeness (QED) is 0.519. The van der Waals surface area contributed by atoms with Gasteiger partial charge in [-0.25, -0.2) is 0 Å². The molecule has 2 amide bonds. The Morgan fingerprint density at radius 1 is 1.06 bits per heavy atom. The first-order valence-corrected chi connectivity index (χ1v) is 11.5. The molecule has 174 valence electrons. The van der Waals surface area contributed by atoms with E-state index in [1.165, 1.54) is 16.5 Å². The van der Waals surface area contributed by atoms with Crippen molar-refractivity contribution in [2.75, 3.05) is 33.2 Å². The highest BCUT2D eigenvalue weighted by Gasteiger charge is 2.32. The number of hydrogen-bond acceptors (Lipinski definition) is 4. The standard InChI is InChI=1S/C26H33N5O2/c1-18-19(2)29-23-10-9-21(13-22(18)23)14-28-25(32)17-31-12-11-30(16-24(31)26(33)27-3)15-20-7-5-4-6-8-20/h4-10,13,24,29H,11-12,14-17H2,1-3H3,(H,27,33)(H,28,32). The summed E-state index contributed by atoms with van der Waals surface area (Å²) in [5.74, 6) is -0.119. The number of fused-ring (bicyclic) bond motifs is 1. The van der Waals surface area contributed by atoms with E-state index >= 15 is 0 Å². The zero-order chi connectivity index (χ0) is 23.4. The number of aromatic amines is 1. The molecule has 7 heteroatoms. The summed E-state index contributed by atoms with van der Waals surface area (Å²) in [6.45, 7) is 7.75. The molecule has 1 atom stereocenters. The van der Waals surface area contributed by atoms with Gasteiger partial charge in [0.1, 0.15) is 6.04 Å². The summed E-state index contributed by atoms with van der Waals surface area (Å²) in [5.41, 5.74) is 5.80. The molecule has 2 heterocycles. The average Bonchev–Trinajstić information content (AvgIpc) is 3.11. The van der Waals surface area contributed by atoms with Crippen molar-refractivity contribution in [3.8, 4) is 0 Å². The minimum absolute atomic E-state index is 0.0516. The maximum Gasteiger partial charge on any atom is 0.238 e. The number of hydrogen-bond donors (Lipinski definition) is 3. The Morgan fingerprint density at radius 2 is 1.85 bits per heavy atom. The molecular weight excluding hydrogens is 414 g/mol. The number of amides is 2. The summed E-state index contributed by atoms with van der Waals surface area (Å²) in [7, 11) is 1.65. The molecule has 3 aromatic rings. The lowest BCUT2D eigenvalue weighted by molar-refractivity contribution is -0.131. The molecular formula is C26H33N5O2. The van der Waals surface area contributed by atoms with Crippen molar-refractivity contribution in [3.05, 3.63) is 70.9 Å². The smallest absolute Gasteiger partial charge is 0.238 e. The number of piperazine rings is 1. The molecule has 1 fully saturated rings. The molecule has 0 spiro atoms. The molecule has 1 saturated heterocycles. The van der Waals surface area contributed by atoms with Crippen LogP contribution in [0.2, 0.25) is 0 Å². The van der Waals surface area contributed by atoms with Crippen LogP contribution < -0.4 is 10.6 Å². The van der Waals surface area contributed by atoms with Crippen molar-refractivity contribution in [3.63, 3.8) is 0 Å². The van der Waals surface area contributed by atoms with Gasteiger partial charge in [0.25, 0.3) is 0 Å². The number of nitrogens with one attached hydrogen (secondary N) is 3. The predicted molar refractivity (Wildman–Crippen MR) is 131 cm³/mol. The van der Waals surface area contributed by atoms with Gasteiger partial charge < -0.3 is 15.6 Å². The zero-order valence-electron chi connectivity index (χ0n) is 19.6. The van der Waals surface area contributed by atoms with Gasteiger partial charge in [0, 0.05) is 56.4 Å². The summed E-state index contributed by atoms with van der Waals surface area (Å²) >= 11 is 0. The minimum Gasteiger partial charge on any atom is -0.358 e. The van der Waals surface area contributed by atoms with Crippen LogP contribution in [0.5, 0.6) is 0 Å². The number of rotatable bonds is 7. The van der Waals surface area contributed by atoms with Crippen molar-refractivity contribution in [1.29, 1.82) is 0 Å². The Kier molecular flexibility index (Phi) is 7.11. The van der Waals surface area contributed by atoms with Crippen LogP contribution in [-0.4, -0.2) is 65.9 Å². The van der Waals surface area contributed by atoms with Crippen LogP contribution in [0, 0.1) is 13.8 Å². The molecule has 7 nitrogen and oxygen atoms in total. The number of benzene rings is 2. The van der Waals surface area contributed by atoms with Crippen LogP contribution in [0.15, 0.2) is 48.5 Å². The van der Waals surface area contributed by atoms with E-state index < -0.39 is 0 Å². The first-order valence-electron chi connectivity index (χ1n) is 11.5. The molecule has 0 saturated carbocycles. The first-order chi connectivity index (χ1) is 15.9. The normalized spacial score (nSPS) is 17.2. The Labute approximate surface area is 195 Å². The zero-order valence-corrected chi connectivity index (χ0v) is 19.6. The molecule has 0 bridgehead atoms. The molecule has 33 heavy (non-hydrogen) atoms. The molecule has 1 aromatic heterocycles. The van der Waals surface area contributed by atoms with Gasteiger partial charge in [-0.15, -0.1) is 0 Å². The lowest BCUT2D eigenvalue weighted by atomic mass is 10.1. The van der Waals surface area contributed by atoms with Gasteiger partial charge in [-0.3, -0.25) is 19.4 Å². The predicted octanol–water partition coefficient (Wildman–Crippen LogP) is 2.33. The second-order valence-corrected chi connectivity index (χ2v) is 8.85. The van der Waals surface area contributed by atoms with E-state index in [-0.39, 0.29) is 24.4 Å². The Hall–Kier alpha value is -3.16. The van der Waals surface area contributed by atoms with Crippen LogP contribution in [0.25, 0.3) is 10.9 Å². The third-order valence-electron chi connectivity index (χ3n) is 6.58. The van der Waals surface area contributed by atoms with Crippen LogP contribution in [0.1, 0.15) is 22.4 Å². The Morgan fingerprint density at radius 3 is 2.61 bits per heavy atom. The van der Waals surface area contributed by atoms with Crippen LogP contribution in [-0.2, 0) is 22.7 Å². The Balaban J connectivity index is 1.35. The summed E-state index contributed by atoms with van der Waals surface area (Å²) in [5, 5.41) is 6.98. The molecule has 4 rings (SSSR count). The van der Waals surface area contributed by atoms with E-state index in [2.05, 4.69) is 58.6 Å². The van der Waals surface area contributed by atoms with E-state index in [0.717, 1.165) is 29.9 Å². The van der Waals surface area contributed by atoms with Gasteiger partial charge in [0.15, 0.2) is 0 Å². The van der Waals surface area contributed by atoms with Crippen molar-refractivity contribution in [2.24, 2.45) is 0 Å². The van der Waals surface area contributed by atoms with E-state index in [4.69, 9.17) is 0 Å². The van der Waals surface area contributed by atoms with Crippen LogP contribution >= 0.6 is 0 Å². The average molecular weight is 448 g/mol. The van der Waals surface area contributed by atoms with Gasteiger partial charge in [0.2, 0.25) is 11.8 Å². The summed E-state index contributed by atoms with van der Waals surface area (Å²) in [6.07, 6.45) is 0. The number of carbonyl (C=O) groups is 2. The second kappa shape index (κ2) is 10.2. The molecule has 3 N–H and O–H groups in total. The van der Waals surface area contributed by atoms with E-state index in [0.29, 0.717) is 19.6 Å². The number of carbonyl (C=O) groups excluding carboxylic acids is 2. The van der Waals surface area contributed by atoms with Crippen LogP contribution in [0.4, 0.5) is 0 Å². The SMILES string of the molecule is CNC(=O)C1CN(Cc2ccccc2)CCN1CC(=O)NCc1ccc2[nH]c(C)c(C)c2c1. The first kappa shape index (κ1) is 23.0. The van der Waals surface area contributed by atoms with Gasteiger partial charge >= 0.3 is 0 Å². The van der Waals surface area contributed by atoms with Crippen molar-refractivity contribution in [1.82, 2.24) is 25.4 Å². The topological polar surface area (TPSA) is 80.5 Å². The van der Waals surface area contributed by atoms with Crippen molar-refractivity contribution in [2.45, 2.75) is 33.0 Å². The van der Waals surface area contributed by atoms with Gasteiger partial charge in [-0.05, 0) is 42.7 Å². The molecule has 1 unspecified atom stereocenters. The fourth-order valence-corrected chi connectivity index (χ4v) is 4.53. The van der Waals surface area contributed by atoms with Crippen molar-refractivity contribution < 1.29 is 9.59 Å². The lowest BCUT2D eigenvalue weighted by Gasteiger charge is -2.40. The maximum atomic E-state index is 12.7. The highest BCUT2D eigenvalue weighted by molar-refractivity contribution is 5.85. The van der Waals surface area contributed by atoms with Gasteiger partial charge in [-0.1, -0.05) is 36.4 Å². The third-order valence-corrected chi connectivity index (χ3v) is 6.58. The maximum absolute atomic E-state index is 12.7. The summed E-state index contributed by atoms with van der Waals surface area (Å²) < 4.78 is 0. The summed E-state index contributed by atoms with van der Waals surface area (Å²) in [6, 6.07) is 16.1. The fourth-order valence-electron chi connectivity index (χ4n) is 4.53. The molecule has 1 aliphatic heterocycles. The molecule has 0 radical (unpaired) electrons. The largest absolute Gasteiger partial charge is 0.358 e. The number of aromatic nitrogens is 1. The van der Waals surface area contributed by atoms with E-state index in [9.17, 15) is 9.59 Å². The third kappa shape index (κ3) is 5.43. The lowest BCUT2D eigenvalue weighted by Crippen LogP contribution is -2.60. The van der Waals surface area contributed by atoms with E-state index in [1.807, 2.05) is 29.2 Å². The number of aryl methyl sites for hydroxylation is 2. The second-order valence-electron chi connectivity index (χ2n) is 8.85. The number of H-pyrrole nitrogens is 1. The van der Waals surface area contributed by atoms with Gasteiger partial charge in [-0.2, -0.15) is 0 Å². The number of nitrogens with zero attached hydrogens (tertiary/aromatic N) is 2. The summed E-state index contributed by atoms with van der Waals surface area (Å²) in [4.78, 5) is 33.0. The van der Waals surface area contributed by atoms with Gasteiger partial charge in [0.05, 0.1) is 6.54 Å². The number of likely N-dealkylation sites (N-methyl/N-ethyl adjacent to an activating group) is 1. The highest BCUT2D eigenvalue weighted by atomic mass is 16.2. The van der Waals surface area contributed by atoms with Crippen molar-refractivity contribution >= 4 is 22.7 Å². The van der Waals surface area contributed by atoms with Crippen LogP contribution in [0.3, 0.4) is 0 Å². The fraction of sp³-hybridized carbons (Fsp3) is 0.385.